The molecular formula is C27H34O11. The van der Waals surface area contributed by atoms with Crippen molar-refractivity contribution in [3.05, 3.63) is 47.5 Å². The van der Waals surface area contributed by atoms with Gasteiger partial charge in [0.1, 0.15) is 35.9 Å². The standard InChI is InChI=1S/C27H34O11/c1-32-18-7-4-13(8-20(18)34-3)25-16-11-36-26(17(16)12-35-25)15-6-5-14(9-19(15)33-2)37-27-24(31)23(30)22(29)21(10-28)38-27/h4-9,16-17,21-31H,10-12H2,1-3H3/t16-,17+,21?,22?,23?,24?,25?,26?,27?/m1/s1. The Morgan fingerprint density at radius 2 is 1.45 bits per heavy atom. The fourth-order valence-electron chi connectivity index (χ4n) is 5.54. The minimum atomic E-state index is -1.53. The number of aliphatic hydroxyl groups excluding tert-OH is 4. The summed E-state index contributed by atoms with van der Waals surface area (Å²) in [6, 6.07) is 11.0. The van der Waals surface area contributed by atoms with Gasteiger partial charge in [-0.05, 0) is 29.8 Å². The quantitative estimate of drug-likeness (QED) is 0.384. The van der Waals surface area contributed by atoms with Gasteiger partial charge in [-0.15, -0.1) is 0 Å². The summed E-state index contributed by atoms with van der Waals surface area (Å²) >= 11 is 0. The maximum atomic E-state index is 10.3. The molecule has 4 N–H and O–H groups in total. The van der Waals surface area contributed by atoms with Crippen LogP contribution >= 0.6 is 0 Å². The highest BCUT2D eigenvalue weighted by molar-refractivity contribution is 5.45. The number of rotatable bonds is 8. The topological polar surface area (TPSA) is 146 Å². The third kappa shape index (κ3) is 4.79. The van der Waals surface area contributed by atoms with Crippen molar-refractivity contribution in [3.63, 3.8) is 0 Å². The minimum Gasteiger partial charge on any atom is -0.496 e. The van der Waals surface area contributed by atoms with E-state index in [1.807, 2.05) is 24.3 Å². The van der Waals surface area contributed by atoms with Gasteiger partial charge in [-0.3, -0.25) is 0 Å². The molecule has 3 fully saturated rings. The van der Waals surface area contributed by atoms with E-state index in [4.69, 9.17) is 33.2 Å². The molecule has 3 heterocycles. The maximum absolute atomic E-state index is 10.3. The molecule has 3 aliphatic heterocycles. The molecule has 7 unspecified atom stereocenters. The highest BCUT2D eigenvalue weighted by Crippen LogP contribution is 2.52. The Bertz CT molecular complexity index is 1110. The van der Waals surface area contributed by atoms with E-state index in [-0.39, 0.29) is 24.0 Å². The van der Waals surface area contributed by atoms with Crippen LogP contribution in [0.2, 0.25) is 0 Å². The molecule has 38 heavy (non-hydrogen) atoms. The van der Waals surface area contributed by atoms with Gasteiger partial charge in [0.2, 0.25) is 6.29 Å². The van der Waals surface area contributed by atoms with Crippen molar-refractivity contribution >= 4 is 0 Å². The molecule has 0 aliphatic carbocycles. The number of fused-ring (bicyclic) bond motifs is 1. The van der Waals surface area contributed by atoms with E-state index in [0.717, 1.165) is 11.1 Å². The fraction of sp³-hybridized carbons (Fsp3) is 0.556. The first-order valence-electron chi connectivity index (χ1n) is 12.5. The van der Waals surface area contributed by atoms with Crippen LogP contribution in [0.4, 0.5) is 0 Å². The van der Waals surface area contributed by atoms with Crippen LogP contribution in [0, 0.1) is 11.8 Å². The molecule has 2 aromatic rings. The second-order valence-electron chi connectivity index (χ2n) is 9.67. The van der Waals surface area contributed by atoms with Crippen molar-refractivity contribution in [2.45, 2.75) is 42.9 Å². The Hall–Kier alpha value is -2.64. The van der Waals surface area contributed by atoms with Crippen LogP contribution in [-0.2, 0) is 14.2 Å². The smallest absolute Gasteiger partial charge is 0.229 e. The summed E-state index contributed by atoms with van der Waals surface area (Å²) in [6.45, 7) is 0.488. The predicted octanol–water partition coefficient (Wildman–Crippen LogP) is 0.966. The third-order valence-electron chi connectivity index (χ3n) is 7.61. The Labute approximate surface area is 220 Å². The van der Waals surface area contributed by atoms with E-state index in [1.165, 1.54) is 0 Å². The Morgan fingerprint density at radius 3 is 2.13 bits per heavy atom. The second-order valence-corrected chi connectivity index (χ2v) is 9.67. The molecule has 2 aromatic carbocycles. The van der Waals surface area contributed by atoms with Crippen molar-refractivity contribution in [2.24, 2.45) is 11.8 Å². The average molecular weight is 535 g/mol. The maximum Gasteiger partial charge on any atom is 0.229 e. The van der Waals surface area contributed by atoms with Crippen LogP contribution in [0.1, 0.15) is 23.3 Å². The molecule has 0 aromatic heterocycles. The highest BCUT2D eigenvalue weighted by atomic mass is 16.7. The summed E-state index contributed by atoms with van der Waals surface area (Å²) in [7, 11) is 4.75. The lowest BCUT2D eigenvalue weighted by molar-refractivity contribution is -0.277. The van der Waals surface area contributed by atoms with E-state index in [9.17, 15) is 20.4 Å². The number of methoxy groups -OCH3 is 3. The predicted molar refractivity (Wildman–Crippen MR) is 131 cm³/mol. The van der Waals surface area contributed by atoms with E-state index in [2.05, 4.69) is 0 Å². The van der Waals surface area contributed by atoms with Gasteiger partial charge >= 0.3 is 0 Å². The first kappa shape index (κ1) is 26.9. The SMILES string of the molecule is COc1ccc(C2OC[C@@H]3C(c4ccc(OC5OC(CO)C(O)C(O)C5O)cc4OC)OC[C@@H]23)cc1OC. The molecule has 0 spiro atoms. The monoisotopic (exact) mass is 534 g/mol. The summed E-state index contributed by atoms with van der Waals surface area (Å²) in [5, 5.41) is 39.7. The Balaban J connectivity index is 1.32. The Morgan fingerprint density at radius 1 is 0.763 bits per heavy atom. The number of ether oxygens (including phenoxy) is 7. The lowest BCUT2D eigenvalue weighted by Gasteiger charge is -2.39. The Kier molecular flexibility index (Phi) is 7.96. The molecule has 208 valence electrons. The summed E-state index contributed by atoms with van der Waals surface area (Å²) in [5.41, 5.74) is 1.83. The van der Waals surface area contributed by atoms with Gasteiger partial charge in [0.15, 0.2) is 11.5 Å². The molecule has 0 amide bonds. The van der Waals surface area contributed by atoms with Crippen molar-refractivity contribution in [1.82, 2.24) is 0 Å². The highest BCUT2D eigenvalue weighted by Gasteiger charge is 2.49. The molecule has 11 nitrogen and oxygen atoms in total. The summed E-state index contributed by atoms with van der Waals surface area (Å²) in [5.74, 6) is 2.36. The molecule has 0 radical (unpaired) electrons. The summed E-state index contributed by atoms with van der Waals surface area (Å²) < 4.78 is 40.2. The van der Waals surface area contributed by atoms with Gasteiger partial charge in [0.25, 0.3) is 0 Å². The van der Waals surface area contributed by atoms with E-state index in [1.54, 1.807) is 33.5 Å². The third-order valence-corrected chi connectivity index (χ3v) is 7.61. The minimum absolute atomic E-state index is 0.0965. The van der Waals surface area contributed by atoms with Crippen LogP contribution in [0.25, 0.3) is 0 Å². The summed E-state index contributed by atoms with van der Waals surface area (Å²) in [4.78, 5) is 0. The van der Waals surface area contributed by atoms with Gasteiger partial charge in [-0.1, -0.05) is 6.07 Å². The van der Waals surface area contributed by atoms with Crippen molar-refractivity contribution in [2.75, 3.05) is 41.2 Å². The molecule has 0 bridgehead atoms. The lowest BCUT2D eigenvalue weighted by atomic mass is 9.84. The number of hydrogen-bond donors (Lipinski definition) is 4. The number of benzene rings is 2. The van der Waals surface area contributed by atoms with Crippen LogP contribution < -0.4 is 18.9 Å². The molecular weight excluding hydrogens is 500 g/mol. The van der Waals surface area contributed by atoms with Gasteiger partial charge in [0, 0.05) is 23.5 Å². The van der Waals surface area contributed by atoms with Crippen molar-refractivity contribution in [1.29, 1.82) is 0 Å². The zero-order chi connectivity index (χ0) is 27.0. The average Bonchev–Trinajstić information content (AvgIpc) is 3.55. The second kappa shape index (κ2) is 11.2. The van der Waals surface area contributed by atoms with Crippen molar-refractivity contribution < 1.29 is 53.6 Å². The van der Waals surface area contributed by atoms with Crippen LogP contribution in [0.3, 0.4) is 0 Å². The molecule has 5 rings (SSSR count). The number of hydrogen-bond acceptors (Lipinski definition) is 11. The van der Waals surface area contributed by atoms with Gasteiger partial charge in [-0.25, -0.2) is 0 Å². The molecule has 3 aliphatic rings. The molecule has 9 atom stereocenters. The van der Waals surface area contributed by atoms with E-state index >= 15 is 0 Å². The normalized spacial score (nSPS) is 34.6. The fourth-order valence-corrected chi connectivity index (χ4v) is 5.54. The van der Waals surface area contributed by atoms with Crippen LogP contribution in [0.5, 0.6) is 23.0 Å². The van der Waals surface area contributed by atoms with Gasteiger partial charge in [-0.2, -0.15) is 0 Å². The zero-order valence-electron chi connectivity index (χ0n) is 21.4. The van der Waals surface area contributed by atoms with Crippen molar-refractivity contribution in [3.8, 4) is 23.0 Å². The molecule has 3 saturated heterocycles. The van der Waals surface area contributed by atoms with E-state index in [0.29, 0.717) is 36.2 Å². The molecule has 11 heteroatoms. The van der Waals surface area contributed by atoms with E-state index < -0.39 is 37.3 Å². The first-order valence-corrected chi connectivity index (χ1v) is 12.5. The first-order chi connectivity index (χ1) is 18.4. The number of aliphatic hydroxyl groups is 4. The van der Waals surface area contributed by atoms with Gasteiger partial charge < -0.3 is 53.6 Å². The summed E-state index contributed by atoms with van der Waals surface area (Å²) in [6.07, 6.45) is -7.27. The lowest BCUT2D eigenvalue weighted by Crippen LogP contribution is -2.60. The molecule has 0 saturated carbocycles. The van der Waals surface area contributed by atoms with Crippen LogP contribution in [-0.4, -0.2) is 92.3 Å². The largest absolute Gasteiger partial charge is 0.496 e. The van der Waals surface area contributed by atoms with Gasteiger partial charge in [0.05, 0.1) is 53.4 Å². The van der Waals surface area contributed by atoms with Crippen LogP contribution in [0.15, 0.2) is 36.4 Å². The zero-order valence-corrected chi connectivity index (χ0v) is 21.4.